The second-order valence-electron chi connectivity index (χ2n) is 6.15. The van der Waals surface area contributed by atoms with Crippen molar-refractivity contribution in [3.8, 4) is 0 Å². The molecule has 0 spiro atoms. The van der Waals surface area contributed by atoms with Gasteiger partial charge in [-0.25, -0.2) is 9.18 Å². The zero-order chi connectivity index (χ0) is 20.8. The molecule has 2 unspecified atom stereocenters. The van der Waals surface area contributed by atoms with Crippen molar-refractivity contribution in [3.05, 3.63) is 35.6 Å². The van der Waals surface area contributed by atoms with Crippen molar-refractivity contribution >= 4 is 11.9 Å². The van der Waals surface area contributed by atoms with Crippen molar-refractivity contribution in [2.24, 2.45) is 0 Å². The lowest BCUT2D eigenvalue weighted by Crippen LogP contribution is -2.35. The number of rotatable bonds is 14. The fourth-order valence-corrected chi connectivity index (χ4v) is 2.20. The van der Waals surface area contributed by atoms with Crippen molar-refractivity contribution < 1.29 is 32.9 Å². The molecule has 8 heteroatoms. The first-order valence-electron chi connectivity index (χ1n) is 9.41. The molecule has 0 saturated heterocycles. The van der Waals surface area contributed by atoms with Crippen LogP contribution >= 0.6 is 0 Å². The lowest BCUT2D eigenvalue weighted by molar-refractivity contribution is -0.0583. The van der Waals surface area contributed by atoms with Crippen LogP contribution in [0.1, 0.15) is 37.0 Å². The number of alkyl carbamates (subject to hydrolysis) is 1. The highest BCUT2D eigenvalue weighted by molar-refractivity contribution is 5.98. The molecule has 158 valence electrons. The molecule has 2 atom stereocenters. The van der Waals surface area contributed by atoms with E-state index in [1.807, 2.05) is 13.8 Å². The molecule has 1 aromatic carbocycles. The predicted molar refractivity (Wildman–Crippen MR) is 102 cm³/mol. The van der Waals surface area contributed by atoms with Crippen LogP contribution in [0.3, 0.4) is 0 Å². The van der Waals surface area contributed by atoms with Gasteiger partial charge in [-0.05, 0) is 37.1 Å². The number of halogens is 1. The van der Waals surface area contributed by atoms with E-state index in [1.54, 1.807) is 7.11 Å². The number of carbonyl (C=O) groups excluding carboxylic acids is 2. The van der Waals surface area contributed by atoms with Gasteiger partial charge in [-0.2, -0.15) is 0 Å². The molecule has 0 aromatic heterocycles. The molecule has 0 heterocycles. The summed E-state index contributed by atoms with van der Waals surface area (Å²) in [7, 11) is 1.61. The largest absolute Gasteiger partial charge is 0.444 e. The first-order valence-corrected chi connectivity index (χ1v) is 9.41. The minimum absolute atomic E-state index is 0.0994. The number of hydrogen-bond acceptors (Lipinski definition) is 6. The van der Waals surface area contributed by atoms with E-state index < -0.39 is 18.0 Å². The molecule has 1 amide bonds. The van der Waals surface area contributed by atoms with Crippen LogP contribution in [0.2, 0.25) is 0 Å². The number of benzene rings is 1. The van der Waals surface area contributed by atoms with Gasteiger partial charge in [-0.3, -0.25) is 4.79 Å². The van der Waals surface area contributed by atoms with Crippen LogP contribution in [-0.2, 0) is 18.9 Å². The molecule has 28 heavy (non-hydrogen) atoms. The van der Waals surface area contributed by atoms with Gasteiger partial charge in [0, 0.05) is 12.7 Å². The SMILES string of the molecule is CCC(COCCOC)OCC(CC)OC(=O)NCC(=O)c1ccc(F)cc1. The van der Waals surface area contributed by atoms with Gasteiger partial charge in [-0.15, -0.1) is 0 Å². The van der Waals surface area contributed by atoms with Gasteiger partial charge in [0.15, 0.2) is 5.78 Å². The minimum atomic E-state index is -0.699. The highest BCUT2D eigenvalue weighted by atomic mass is 19.1. The third-order valence-corrected chi connectivity index (χ3v) is 4.00. The topological polar surface area (TPSA) is 83.1 Å². The Balaban J connectivity index is 2.33. The fourth-order valence-electron chi connectivity index (χ4n) is 2.20. The van der Waals surface area contributed by atoms with Crippen LogP contribution in [-0.4, -0.2) is 64.2 Å². The van der Waals surface area contributed by atoms with Crippen molar-refractivity contribution in [3.63, 3.8) is 0 Å². The van der Waals surface area contributed by atoms with E-state index >= 15 is 0 Å². The van der Waals surface area contributed by atoms with Gasteiger partial charge in [-0.1, -0.05) is 13.8 Å². The Kier molecular flexibility index (Phi) is 12.0. The average Bonchev–Trinajstić information content (AvgIpc) is 2.71. The van der Waals surface area contributed by atoms with Crippen LogP contribution in [0.4, 0.5) is 9.18 Å². The maximum Gasteiger partial charge on any atom is 0.407 e. The lowest BCUT2D eigenvalue weighted by Gasteiger charge is -2.21. The molecule has 1 aromatic rings. The third kappa shape index (κ3) is 9.77. The Morgan fingerprint density at radius 1 is 1.04 bits per heavy atom. The third-order valence-electron chi connectivity index (χ3n) is 4.00. The number of carbonyl (C=O) groups is 2. The standard InChI is InChI=1S/C20H30FNO6/c1-4-17(13-26-11-10-25-3)27-14-18(5-2)28-20(24)22-12-19(23)15-6-8-16(21)9-7-15/h6-9,17-18H,4-5,10-14H2,1-3H3,(H,22,24). The molecule has 1 N–H and O–H groups in total. The van der Waals surface area contributed by atoms with E-state index in [0.717, 1.165) is 6.42 Å². The molecule has 0 radical (unpaired) electrons. The molecule has 0 bridgehead atoms. The van der Waals surface area contributed by atoms with E-state index in [1.165, 1.54) is 24.3 Å². The van der Waals surface area contributed by atoms with E-state index in [2.05, 4.69) is 5.32 Å². The molecule has 0 aliphatic carbocycles. The average molecular weight is 399 g/mol. The molecular formula is C20H30FNO6. The molecule has 0 fully saturated rings. The maximum atomic E-state index is 12.9. The first-order chi connectivity index (χ1) is 13.5. The molecule has 0 aliphatic heterocycles. The molecule has 1 rings (SSSR count). The van der Waals surface area contributed by atoms with Crippen molar-refractivity contribution in [1.29, 1.82) is 0 Å². The summed E-state index contributed by atoms with van der Waals surface area (Å²) in [5.41, 5.74) is 0.316. The number of nitrogens with one attached hydrogen (secondary N) is 1. The van der Waals surface area contributed by atoms with Gasteiger partial charge in [0.1, 0.15) is 11.9 Å². The summed E-state index contributed by atoms with van der Waals surface area (Å²) in [5.74, 6) is -0.760. The summed E-state index contributed by atoms with van der Waals surface area (Å²) in [5, 5.41) is 2.41. The second kappa shape index (κ2) is 14.0. The Hall–Kier alpha value is -2.03. The molecular weight excluding hydrogens is 369 g/mol. The molecule has 0 saturated carbocycles. The quantitative estimate of drug-likeness (QED) is 0.383. The lowest BCUT2D eigenvalue weighted by atomic mass is 10.1. The van der Waals surface area contributed by atoms with Gasteiger partial charge in [0.25, 0.3) is 0 Å². The summed E-state index contributed by atoms with van der Waals surface area (Å²) in [6.45, 7) is 5.33. The number of hydrogen-bond donors (Lipinski definition) is 1. The Morgan fingerprint density at radius 3 is 2.32 bits per heavy atom. The number of ether oxygens (including phenoxy) is 4. The summed E-state index contributed by atoms with van der Waals surface area (Å²) in [4.78, 5) is 23.9. The normalized spacial score (nSPS) is 13.0. The van der Waals surface area contributed by atoms with Crippen molar-refractivity contribution in [1.82, 2.24) is 5.32 Å². The van der Waals surface area contributed by atoms with E-state index in [4.69, 9.17) is 18.9 Å². The van der Waals surface area contributed by atoms with E-state index in [9.17, 15) is 14.0 Å². The van der Waals surface area contributed by atoms with Gasteiger partial charge in [0.05, 0.1) is 39.1 Å². The van der Waals surface area contributed by atoms with Crippen LogP contribution < -0.4 is 5.32 Å². The van der Waals surface area contributed by atoms with Crippen molar-refractivity contribution in [2.75, 3.05) is 40.1 Å². The summed E-state index contributed by atoms with van der Waals surface area (Å²) in [6, 6.07) is 5.12. The van der Waals surface area contributed by atoms with E-state index in [0.29, 0.717) is 31.8 Å². The number of Topliss-reactive ketones (excluding diaryl/α,β-unsaturated/α-hetero) is 1. The molecule has 7 nitrogen and oxygen atoms in total. The smallest absolute Gasteiger partial charge is 0.407 e. The molecule has 0 aliphatic rings. The maximum absolute atomic E-state index is 12.9. The highest BCUT2D eigenvalue weighted by Crippen LogP contribution is 2.06. The fraction of sp³-hybridized carbons (Fsp3) is 0.600. The predicted octanol–water partition coefficient (Wildman–Crippen LogP) is 2.97. The van der Waals surface area contributed by atoms with Crippen LogP contribution in [0.5, 0.6) is 0 Å². The van der Waals surface area contributed by atoms with Gasteiger partial charge < -0.3 is 24.3 Å². The Morgan fingerprint density at radius 2 is 1.71 bits per heavy atom. The van der Waals surface area contributed by atoms with Gasteiger partial charge in [0.2, 0.25) is 0 Å². The monoisotopic (exact) mass is 399 g/mol. The second-order valence-corrected chi connectivity index (χ2v) is 6.15. The Bertz CT molecular complexity index is 581. The zero-order valence-electron chi connectivity index (χ0n) is 16.7. The van der Waals surface area contributed by atoms with Crippen LogP contribution in [0.25, 0.3) is 0 Å². The summed E-state index contributed by atoms with van der Waals surface area (Å²) in [6.07, 6.45) is 0.101. The minimum Gasteiger partial charge on any atom is -0.444 e. The van der Waals surface area contributed by atoms with E-state index in [-0.39, 0.29) is 25.0 Å². The zero-order valence-corrected chi connectivity index (χ0v) is 16.7. The number of amides is 1. The first kappa shape index (κ1) is 24.0. The summed E-state index contributed by atoms with van der Waals surface area (Å²) < 4.78 is 34.3. The summed E-state index contributed by atoms with van der Waals surface area (Å²) >= 11 is 0. The number of ketones is 1. The van der Waals surface area contributed by atoms with Crippen LogP contribution in [0, 0.1) is 5.82 Å². The number of methoxy groups -OCH3 is 1. The highest BCUT2D eigenvalue weighted by Gasteiger charge is 2.17. The van der Waals surface area contributed by atoms with Gasteiger partial charge >= 0.3 is 6.09 Å². The Labute approximate surface area is 165 Å². The van der Waals surface area contributed by atoms with Crippen molar-refractivity contribution in [2.45, 2.75) is 38.9 Å². The van der Waals surface area contributed by atoms with Crippen LogP contribution in [0.15, 0.2) is 24.3 Å².